The first kappa shape index (κ1) is 31.6. The molecule has 2 aromatic carbocycles. The molecule has 1 saturated heterocycles. The van der Waals surface area contributed by atoms with Crippen molar-refractivity contribution in [1.29, 1.82) is 0 Å². The molecule has 11 nitrogen and oxygen atoms in total. The van der Waals surface area contributed by atoms with E-state index in [0.29, 0.717) is 26.4 Å². The average molecular weight is 680 g/mol. The van der Waals surface area contributed by atoms with E-state index in [0.717, 1.165) is 16.2 Å². The van der Waals surface area contributed by atoms with Gasteiger partial charge in [-0.15, -0.1) is 0 Å². The van der Waals surface area contributed by atoms with Gasteiger partial charge in [-0.2, -0.15) is 0 Å². The minimum absolute atomic E-state index is 0.334. The summed E-state index contributed by atoms with van der Waals surface area (Å²) in [6.07, 6.45) is -4.90. The van der Waals surface area contributed by atoms with E-state index in [9.17, 15) is 19.2 Å². The van der Waals surface area contributed by atoms with Crippen molar-refractivity contribution in [3.05, 3.63) is 57.6 Å². The molecule has 0 aliphatic carbocycles. The number of hydrogen-bond acceptors (Lipinski definition) is 12. The highest BCUT2D eigenvalue weighted by molar-refractivity contribution is 9.10. The predicted molar refractivity (Wildman–Crippen MR) is 157 cm³/mol. The van der Waals surface area contributed by atoms with Gasteiger partial charge in [0.2, 0.25) is 0 Å². The summed E-state index contributed by atoms with van der Waals surface area (Å²) < 4.78 is 31.2. The highest BCUT2D eigenvalue weighted by Crippen LogP contribution is 2.38. The van der Waals surface area contributed by atoms with Gasteiger partial charge < -0.3 is 23.7 Å². The summed E-state index contributed by atoms with van der Waals surface area (Å²) in [5.74, 6) is -2.72. The lowest BCUT2D eigenvalue weighted by atomic mass is 9.99. The SMILES string of the molecule is CC(=O)OC[C@H]1O[C@@H](Sc2nc3ccc(Br)cc3c(=S)n2-c2ccccc2)[C@H](OC(C)=O)[C@@H](OC(C)=O)[C@@H]1OC(C)=O. The van der Waals surface area contributed by atoms with Crippen LogP contribution in [-0.4, -0.2) is 69.9 Å². The normalized spacial score (nSPS) is 21.8. The van der Waals surface area contributed by atoms with Gasteiger partial charge in [-0.3, -0.25) is 23.7 Å². The van der Waals surface area contributed by atoms with E-state index in [4.69, 9.17) is 40.9 Å². The van der Waals surface area contributed by atoms with Crippen molar-refractivity contribution in [3.8, 4) is 5.69 Å². The van der Waals surface area contributed by atoms with E-state index < -0.39 is 53.7 Å². The molecule has 4 rings (SSSR count). The zero-order valence-electron chi connectivity index (χ0n) is 23.0. The van der Waals surface area contributed by atoms with Crippen molar-refractivity contribution >= 4 is 74.7 Å². The Bertz CT molecular complexity index is 1570. The summed E-state index contributed by atoms with van der Waals surface area (Å²) in [6.45, 7) is 4.41. The summed E-state index contributed by atoms with van der Waals surface area (Å²) >= 11 is 10.5. The molecule has 2 heterocycles. The summed E-state index contributed by atoms with van der Waals surface area (Å²) in [4.78, 5) is 53.0. The first-order valence-electron chi connectivity index (χ1n) is 12.7. The number of aromatic nitrogens is 2. The molecule has 0 radical (unpaired) electrons. The number of rotatable bonds is 8. The molecule has 14 heteroatoms. The van der Waals surface area contributed by atoms with Crippen LogP contribution in [-0.2, 0) is 42.9 Å². The monoisotopic (exact) mass is 678 g/mol. The van der Waals surface area contributed by atoms with Gasteiger partial charge in [0.1, 0.15) is 17.4 Å². The van der Waals surface area contributed by atoms with Gasteiger partial charge in [-0.05, 0) is 30.3 Å². The number of fused-ring (bicyclic) bond motifs is 1. The molecule has 5 atom stereocenters. The Morgan fingerprint density at radius 3 is 2.14 bits per heavy atom. The van der Waals surface area contributed by atoms with Crippen LogP contribution in [0.3, 0.4) is 0 Å². The first-order chi connectivity index (χ1) is 19.9. The maximum Gasteiger partial charge on any atom is 0.303 e. The van der Waals surface area contributed by atoms with Crippen LogP contribution in [0.2, 0.25) is 0 Å². The molecule has 1 aliphatic heterocycles. The maximum atomic E-state index is 12.3. The Balaban J connectivity index is 1.87. The average Bonchev–Trinajstić information content (AvgIpc) is 2.91. The second kappa shape index (κ2) is 13.8. The Hall–Kier alpha value is -3.33. The van der Waals surface area contributed by atoms with E-state index in [1.54, 1.807) is 4.57 Å². The third-order valence-electron chi connectivity index (χ3n) is 5.98. The number of ether oxygens (including phenoxy) is 5. The van der Waals surface area contributed by atoms with E-state index in [2.05, 4.69) is 15.9 Å². The van der Waals surface area contributed by atoms with E-state index in [1.165, 1.54) is 27.7 Å². The van der Waals surface area contributed by atoms with Crippen LogP contribution in [0, 0.1) is 4.64 Å². The van der Waals surface area contributed by atoms with Crippen LogP contribution in [0.15, 0.2) is 58.2 Å². The third-order valence-corrected chi connectivity index (χ3v) is 7.98. The fourth-order valence-corrected chi connectivity index (χ4v) is 6.39. The van der Waals surface area contributed by atoms with E-state index in [-0.39, 0.29) is 6.61 Å². The first-order valence-corrected chi connectivity index (χ1v) is 14.8. The number of benzene rings is 2. The summed E-state index contributed by atoms with van der Waals surface area (Å²) in [7, 11) is 0. The Kier molecular flexibility index (Phi) is 10.4. The van der Waals surface area contributed by atoms with Crippen LogP contribution < -0.4 is 0 Å². The lowest BCUT2D eigenvalue weighted by Crippen LogP contribution is -2.61. The van der Waals surface area contributed by atoms with Gasteiger partial charge in [0.15, 0.2) is 28.9 Å². The van der Waals surface area contributed by atoms with E-state index in [1.807, 2.05) is 48.5 Å². The van der Waals surface area contributed by atoms with Gasteiger partial charge in [-0.25, -0.2) is 4.98 Å². The lowest BCUT2D eigenvalue weighted by molar-refractivity contribution is -0.237. The fourth-order valence-electron chi connectivity index (χ4n) is 4.41. The minimum Gasteiger partial charge on any atom is -0.463 e. The molecule has 1 aliphatic rings. The van der Waals surface area contributed by atoms with Gasteiger partial charge >= 0.3 is 23.9 Å². The molecule has 0 spiro atoms. The molecule has 222 valence electrons. The minimum atomic E-state index is -1.30. The fraction of sp³-hybridized carbons (Fsp3) is 0.357. The van der Waals surface area contributed by atoms with Crippen molar-refractivity contribution in [2.45, 2.75) is 62.7 Å². The van der Waals surface area contributed by atoms with Gasteiger partial charge in [0, 0.05) is 43.2 Å². The molecular weight excluding hydrogens is 652 g/mol. The van der Waals surface area contributed by atoms with Crippen molar-refractivity contribution < 1.29 is 42.9 Å². The summed E-state index contributed by atoms with van der Waals surface area (Å²) in [5, 5.41) is 1.09. The zero-order chi connectivity index (χ0) is 30.6. The van der Waals surface area contributed by atoms with Crippen LogP contribution in [0.4, 0.5) is 0 Å². The Morgan fingerprint density at radius 2 is 1.52 bits per heavy atom. The second-order valence-corrected chi connectivity index (χ2v) is 11.6. The predicted octanol–water partition coefficient (Wildman–Crippen LogP) is 4.69. The number of carbonyl (C=O) groups excluding carboxylic acids is 4. The van der Waals surface area contributed by atoms with Gasteiger partial charge in [0.25, 0.3) is 0 Å². The third kappa shape index (κ3) is 7.54. The van der Waals surface area contributed by atoms with Crippen molar-refractivity contribution in [2.75, 3.05) is 6.61 Å². The Morgan fingerprint density at radius 1 is 0.905 bits per heavy atom. The smallest absolute Gasteiger partial charge is 0.303 e. The van der Waals surface area contributed by atoms with Gasteiger partial charge in [-0.1, -0.05) is 58.1 Å². The van der Waals surface area contributed by atoms with Gasteiger partial charge in [0.05, 0.1) is 5.52 Å². The van der Waals surface area contributed by atoms with Crippen LogP contribution in [0.25, 0.3) is 16.6 Å². The largest absolute Gasteiger partial charge is 0.463 e. The number of para-hydroxylation sites is 1. The zero-order valence-corrected chi connectivity index (χ0v) is 26.2. The quantitative estimate of drug-likeness (QED) is 0.142. The number of halogens is 1. The molecule has 0 bridgehead atoms. The van der Waals surface area contributed by atoms with Crippen LogP contribution in [0.5, 0.6) is 0 Å². The maximum absolute atomic E-state index is 12.3. The molecule has 0 saturated carbocycles. The molecule has 0 amide bonds. The second-order valence-electron chi connectivity index (χ2n) is 9.22. The number of hydrogen-bond donors (Lipinski definition) is 0. The van der Waals surface area contributed by atoms with Crippen molar-refractivity contribution in [1.82, 2.24) is 9.55 Å². The summed E-state index contributed by atoms with van der Waals surface area (Å²) in [5.41, 5.74) is 0.240. The number of nitrogens with zero attached hydrogens (tertiary/aromatic N) is 2. The lowest BCUT2D eigenvalue weighted by Gasteiger charge is -2.44. The Labute approximate surface area is 258 Å². The standard InChI is InChI=1S/C28H27BrN2O9S2/c1-14(32)36-13-22-23(37-15(2)33)24(38-16(3)34)25(39-17(4)35)27(40-22)42-28-30-21-11-10-18(29)12-20(21)26(41)31(28)19-8-6-5-7-9-19/h5-12,22-25,27H,13H2,1-4H3/t22-,23-,24+,25-,27+/m1/s1. The molecule has 3 aromatic rings. The molecular formula is C28H27BrN2O9S2. The molecule has 1 fully saturated rings. The molecule has 1 aromatic heterocycles. The summed E-state index contributed by atoms with van der Waals surface area (Å²) in [6, 6.07) is 14.8. The van der Waals surface area contributed by atoms with Crippen LogP contribution in [0.1, 0.15) is 27.7 Å². The van der Waals surface area contributed by atoms with Crippen LogP contribution >= 0.6 is 39.9 Å². The number of esters is 4. The molecule has 42 heavy (non-hydrogen) atoms. The molecule has 0 N–H and O–H groups in total. The van der Waals surface area contributed by atoms with Crippen molar-refractivity contribution in [2.24, 2.45) is 0 Å². The highest BCUT2D eigenvalue weighted by Gasteiger charge is 2.52. The van der Waals surface area contributed by atoms with E-state index >= 15 is 0 Å². The highest BCUT2D eigenvalue weighted by atomic mass is 79.9. The van der Waals surface area contributed by atoms with Crippen molar-refractivity contribution in [3.63, 3.8) is 0 Å². The topological polar surface area (TPSA) is 132 Å². The number of thioether (sulfide) groups is 1. The molecule has 0 unspecified atom stereocenters. The number of carbonyl (C=O) groups is 4.